The van der Waals surface area contributed by atoms with E-state index in [1.54, 1.807) is 46.8 Å². The molecule has 2 atom stereocenters. The van der Waals surface area contributed by atoms with E-state index in [0.29, 0.717) is 23.2 Å². The minimum atomic E-state index is -0.999. The van der Waals surface area contributed by atoms with Crippen LogP contribution in [0.25, 0.3) is 0 Å². The van der Waals surface area contributed by atoms with Crippen LogP contribution in [0.5, 0.6) is 5.75 Å². The van der Waals surface area contributed by atoms with Gasteiger partial charge in [0.1, 0.15) is 23.4 Å². The molecule has 8 heteroatoms. The fraction of sp³-hybridized carbons (Fsp3) is 0.500. The number of aromatic hydroxyl groups is 1. The number of amides is 3. The van der Waals surface area contributed by atoms with Crippen molar-refractivity contribution in [2.45, 2.75) is 86.4 Å². The minimum absolute atomic E-state index is 0.0930. The molecule has 0 bridgehead atoms. The van der Waals surface area contributed by atoms with Gasteiger partial charge in [0.15, 0.2) is 0 Å². The van der Waals surface area contributed by atoms with Crippen LogP contribution in [0.1, 0.15) is 76.3 Å². The smallest absolute Gasteiger partial charge is 0.408 e. The third-order valence-corrected chi connectivity index (χ3v) is 6.15. The maximum absolute atomic E-state index is 14.0. The third kappa shape index (κ3) is 8.23. The Kier molecular flexibility index (Phi) is 10.3. The number of likely N-dealkylation sites (N-methyl/N-ethyl adjacent to an activating group) is 1. The molecule has 0 fully saturated rings. The highest BCUT2D eigenvalue weighted by Gasteiger charge is 2.36. The Labute approximate surface area is 226 Å². The first-order valence-corrected chi connectivity index (χ1v) is 13.1. The summed E-state index contributed by atoms with van der Waals surface area (Å²) in [7, 11) is 0. The zero-order valence-electron chi connectivity index (χ0n) is 24.1. The van der Waals surface area contributed by atoms with Crippen molar-refractivity contribution in [2.24, 2.45) is 5.92 Å². The molecule has 2 aromatic rings. The molecule has 0 saturated carbocycles. The molecule has 0 aliphatic heterocycles. The monoisotopic (exact) mass is 525 g/mol. The van der Waals surface area contributed by atoms with Crippen molar-refractivity contribution in [3.05, 3.63) is 58.7 Å². The van der Waals surface area contributed by atoms with Crippen LogP contribution >= 0.6 is 0 Å². The van der Waals surface area contributed by atoms with Gasteiger partial charge in [-0.05, 0) is 95.2 Å². The number of benzene rings is 2. The molecule has 38 heavy (non-hydrogen) atoms. The quantitative estimate of drug-likeness (QED) is 0.384. The van der Waals surface area contributed by atoms with E-state index in [2.05, 4.69) is 10.6 Å². The molecule has 208 valence electrons. The number of carbonyl (C=O) groups excluding carboxylic acids is 3. The van der Waals surface area contributed by atoms with E-state index < -0.39 is 23.8 Å². The number of para-hydroxylation sites is 1. The molecule has 0 spiro atoms. The van der Waals surface area contributed by atoms with E-state index in [-0.39, 0.29) is 30.0 Å². The number of hydrogen-bond acceptors (Lipinski definition) is 5. The van der Waals surface area contributed by atoms with Gasteiger partial charge < -0.3 is 25.4 Å². The summed E-state index contributed by atoms with van der Waals surface area (Å²) in [4.78, 5) is 42.0. The van der Waals surface area contributed by atoms with Gasteiger partial charge >= 0.3 is 6.09 Å². The number of ether oxygens (including phenoxy) is 1. The Morgan fingerprint density at radius 2 is 1.61 bits per heavy atom. The number of phenols is 1. The summed E-state index contributed by atoms with van der Waals surface area (Å²) in [6.45, 7) is 16.8. The number of carbonyl (C=O) groups is 3. The molecule has 0 radical (unpaired) electrons. The van der Waals surface area contributed by atoms with Crippen molar-refractivity contribution >= 4 is 23.6 Å². The first kappa shape index (κ1) is 30.7. The van der Waals surface area contributed by atoms with Crippen LogP contribution in [-0.2, 0) is 14.3 Å². The molecule has 0 saturated heterocycles. The fourth-order valence-electron chi connectivity index (χ4n) is 4.33. The number of rotatable bonds is 9. The van der Waals surface area contributed by atoms with E-state index in [4.69, 9.17) is 4.74 Å². The second-order valence-corrected chi connectivity index (χ2v) is 11.2. The summed E-state index contributed by atoms with van der Waals surface area (Å²) in [6, 6.07) is 8.72. The van der Waals surface area contributed by atoms with Gasteiger partial charge in [0, 0.05) is 12.2 Å². The molecule has 0 aliphatic rings. The molecule has 0 heterocycles. The fourth-order valence-corrected chi connectivity index (χ4v) is 4.33. The number of phenolic OH excluding ortho intramolecular Hbond substituents is 1. The van der Waals surface area contributed by atoms with Crippen LogP contribution in [0.4, 0.5) is 10.5 Å². The van der Waals surface area contributed by atoms with E-state index in [1.165, 1.54) is 11.0 Å². The summed E-state index contributed by atoms with van der Waals surface area (Å²) >= 11 is 0. The molecular formula is C30H43N3O5. The Hall–Kier alpha value is -3.55. The Morgan fingerprint density at radius 1 is 1.00 bits per heavy atom. The summed E-state index contributed by atoms with van der Waals surface area (Å²) < 4.78 is 5.41. The van der Waals surface area contributed by atoms with Gasteiger partial charge in [-0.2, -0.15) is 0 Å². The summed E-state index contributed by atoms with van der Waals surface area (Å²) in [5, 5.41) is 15.9. The van der Waals surface area contributed by atoms with Gasteiger partial charge in [-0.25, -0.2) is 4.79 Å². The normalized spacial score (nSPS) is 13.0. The van der Waals surface area contributed by atoms with Crippen LogP contribution in [0.3, 0.4) is 0 Å². The molecule has 2 aromatic carbocycles. The van der Waals surface area contributed by atoms with Crippen LogP contribution in [-0.4, -0.2) is 46.1 Å². The van der Waals surface area contributed by atoms with Crippen molar-refractivity contribution < 1.29 is 24.2 Å². The van der Waals surface area contributed by atoms with Gasteiger partial charge in [0.2, 0.25) is 5.91 Å². The van der Waals surface area contributed by atoms with Crippen molar-refractivity contribution in [3.63, 3.8) is 0 Å². The second kappa shape index (κ2) is 12.8. The number of nitrogens with zero attached hydrogens (tertiary/aromatic N) is 1. The van der Waals surface area contributed by atoms with Crippen LogP contribution in [0.2, 0.25) is 0 Å². The summed E-state index contributed by atoms with van der Waals surface area (Å²) in [5.41, 5.74) is 2.90. The molecule has 3 N–H and O–H groups in total. The Bertz CT molecular complexity index is 1130. The van der Waals surface area contributed by atoms with Gasteiger partial charge in [-0.1, -0.05) is 38.1 Å². The lowest BCUT2D eigenvalue weighted by molar-refractivity contribution is -0.140. The molecule has 0 aromatic heterocycles. The third-order valence-electron chi connectivity index (χ3n) is 6.15. The van der Waals surface area contributed by atoms with E-state index in [0.717, 1.165) is 11.1 Å². The lowest BCUT2D eigenvalue weighted by Crippen LogP contribution is -2.52. The van der Waals surface area contributed by atoms with E-state index >= 15 is 0 Å². The van der Waals surface area contributed by atoms with Crippen molar-refractivity contribution in [1.82, 2.24) is 10.2 Å². The van der Waals surface area contributed by atoms with Crippen LogP contribution in [0.15, 0.2) is 36.4 Å². The maximum Gasteiger partial charge on any atom is 0.408 e. The molecule has 8 nitrogen and oxygen atoms in total. The number of aryl methyl sites for hydroxylation is 3. The van der Waals surface area contributed by atoms with E-state index in [9.17, 15) is 19.5 Å². The highest BCUT2D eigenvalue weighted by Crippen LogP contribution is 2.30. The molecular weight excluding hydrogens is 482 g/mol. The average molecular weight is 526 g/mol. The topological polar surface area (TPSA) is 108 Å². The first-order chi connectivity index (χ1) is 17.6. The number of anilines is 1. The van der Waals surface area contributed by atoms with Crippen LogP contribution in [0, 0.1) is 26.7 Å². The molecule has 2 rings (SSSR count). The lowest BCUT2D eigenvalue weighted by atomic mass is 9.97. The molecule has 3 amide bonds. The first-order valence-electron chi connectivity index (χ1n) is 13.1. The largest absolute Gasteiger partial charge is 0.508 e. The highest BCUT2D eigenvalue weighted by atomic mass is 16.6. The second-order valence-electron chi connectivity index (χ2n) is 11.2. The van der Waals surface area contributed by atoms with Crippen molar-refractivity contribution in [3.8, 4) is 5.75 Å². The predicted molar refractivity (Wildman–Crippen MR) is 150 cm³/mol. The number of nitrogens with one attached hydrogen (secondary N) is 2. The van der Waals surface area contributed by atoms with Gasteiger partial charge in [-0.15, -0.1) is 0 Å². The van der Waals surface area contributed by atoms with Gasteiger partial charge in [-0.3, -0.25) is 9.59 Å². The SMILES string of the molecule is CCN(C(=O)C(CC(C)C)NC(=O)OC(C)(C)C)C(C(=O)Nc1c(C)cccc1C)c1ccc(O)c(C)c1. The lowest BCUT2D eigenvalue weighted by Gasteiger charge is -2.34. The van der Waals surface area contributed by atoms with Gasteiger partial charge in [0.25, 0.3) is 5.91 Å². The zero-order valence-corrected chi connectivity index (χ0v) is 24.1. The van der Waals surface area contributed by atoms with E-state index in [1.807, 2.05) is 45.9 Å². The summed E-state index contributed by atoms with van der Waals surface area (Å²) in [6.07, 6.45) is -0.321. The molecule has 2 unspecified atom stereocenters. The number of alkyl carbamates (subject to hydrolysis) is 1. The summed E-state index contributed by atoms with van der Waals surface area (Å²) in [5.74, 6) is -0.584. The number of hydrogen-bond donors (Lipinski definition) is 3. The van der Waals surface area contributed by atoms with Crippen LogP contribution < -0.4 is 10.6 Å². The van der Waals surface area contributed by atoms with Gasteiger partial charge in [0.05, 0.1) is 0 Å². The minimum Gasteiger partial charge on any atom is -0.508 e. The average Bonchev–Trinajstić information content (AvgIpc) is 2.79. The van der Waals surface area contributed by atoms with Crippen molar-refractivity contribution in [1.29, 1.82) is 0 Å². The Balaban J connectivity index is 2.53. The Morgan fingerprint density at radius 3 is 2.11 bits per heavy atom. The zero-order chi connectivity index (χ0) is 28.8. The highest BCUT2D eigenvalue weighted by molar-refractivity contribution is 6.00. The molecule has 0 aliphatic carbocycles. The van der Waals surface area contributed by atoms with Crippen molar-refractivity contribution in [2.75, 3.05) is 11.9 Å². The predicted octanol–water partition coefficient (Wildman–Crippen LogP) is 5.79. The maximum atomic E-state index is 14.0. The standard InChI is InChI=1S/C30H43N3O5/c1-10-33(28(36)23(16-18(2)3)31-29(37)38-30(7,8)9)26(22-14-15-24(34)21(6)17-22)27(35)32-25-19(4)12-11-13-20(25)5/h11-15,17-18,23,26,34H,10,16H2,1-9H3,(H,31,37)(H,32,35).